The van der Waals surface area contributed by atoms with Crippen molar-refractivity contribution in [3.05, 3.63) is 53.3 Å². The van der Waals surface area contributed by atoms with Gasteiger partial charge >= 0.3 is 0 Å². The Bertz CT molecular complexity index is 1680. The third-order valence-corrected chi connectivity index (χ3v) is 12.0. The van der Waals surface area contributed by atoms with Crippen molar-refractivity contribution >= 4 is 33.3 Å². The Kier molecular flexibility index (Phi) is 7.19. The number of pyridine rings is 2. The number of carbonyl (C=O) groups excluding carboxylic acids is 1. The van der Waals surface area contributed by atoms with Crippen molar-refractivity contribution in [1.82, 2.24) is 24.5 Å². The van der Waals surface area contributed by atoms with Gasteiger partial charge in [0.15, 0.2) is 10.8 Å². The average Bonchev–Trinajstić information content (AvgIpc) is 3.93. The van der Waals surface area contributed by atoms with Crippen molar-refractivity contribution in [3.63, 3.8) is 0 Å². The molecule has 0 saturated heterocycles. The van der Waals surface area contributed by atoms with E-state index in [2.05, 4.69) is 39.0 Å². The summed E-state index contributed by atoms with van der Waals surface area (Å²) in [6, 6.07) is 9.41. The first-order valence-electron chi connectivity index (χ1n) is 15.6. The summed E-state index contributed by atoms with van der Waals surface area (Å²) in [5, 5.41) is 7.26. The number of nitrogens with one attached hydrogen (secondary N) is 2. The van der Waals surface area contributed by atoms with Gasteiger partial charge in [0, 0.05) is 24.7 Å². The number of ether oxygens (including phenoxy) is 1. The lowest BCUT2D eigenvalue weighted by molar-refractivity contribution is 0.0981. The van der Waals surface area contributed by atoms with Crippen LogP contribution in [0.15, 0.2) is 47.6 Å². The molecule has 10 nitrogen and oxygen atoms in total. The standard InChI is InChI=1S/C32H39ClN6O4S/c1-30(2)12-10-21(19-30)5-4-17-34-24-6-3-7-27(35-24)44(41,42)38-29(40)22-8-9-25(36-28(22)33)39-18-11-26(37-39)43-20-23-31(13-14-31)32(23)15-16-32/h3,6-9,11,18,21,23H,4-5,10,12-17,19-20H2,1-2H3,(H,34,35)(H,38,40). The number of carbonyl (C=O) groups is 1. The van der Waals surface area contributed by atoms with Gasteiger partial charge in [-0.2, -0.15) is 8.42 Å². The minimum Gasteiger partial charge on any atom is -0.476 e. The molecule has 4 fully saturated rings. The quantitative estimate of drug-likeness (QED) is 0.182. The van der Waals surface area contributed by atoms with Crippen molar-refractivity contribution in [2.24, 2.45) is 28.1 Å². The number of hydrogen-bond acceptors (Lipinski definition) is 8. The van der Waals surface area contributed by atoms with Crippen LogP contribution in [-0.4, -0.2) is 47.2 Å². The summed E-state index contributed by atoms with van der Waals surface area (Å²) in [4.78, 5) is 21.4. The van der Waals surface area contributed by atoms with Crippen LogP contribution in [0.3, 0.4) is 0 Å². The fourth-order valence-electron chi connectivity index (χ4n) is 7.85. The SMILES string of the molecule is CC1(C)CCC(CCCNc2cccc(S(=O)(=O)NC(=O)c3ccc(-n4ccc(OCC5C6(CC6)C56CC6)n4)nc3Cl)n2)C1. The van der Waals surface area contributed by atoms with E-state index in [0.29, 0.717) is 52.8 Å². The third-order valence-electron chi connectivity index (χ3n) is 10.5. The molecule has 0 radical (unpaired) electrons. The van der Waals surface area contributed by atoms with Crippen LogP contribution in [0.2, 0.25) is 5.15 Å². The molecule has 7 rings (SSSR count). The van der Waals surface area contributed by atoms with E-state index in [9.17, 15) is 13.2 Å². The Morgan fingerprint density at radius 2 is 1.84 bits per heavy atom. The first-order valence-corrected chi connectivity index (χ1v) is 17.5. The molecule has 0 bridgehead atoms. The van der Waals surface area contributed by atoms with Crippen LogP contribution in [-0.2, 0) is 10.0 Å². The second kappa shape index (κ2) is 10.7. The molecule has 234 valence electrons. The molecule has 2 spiro atoms. The molecule has 1 unspecified atom stereocenters. The van der Waals surface area contributed by atoms with Crippen LogP contribution in [0.5, 0.6) is 5.88 Å². The molecule has 4 saturated carbocycles. The highest BCUT2D eigenvalue weighted by Gasteiger charge is 2.86. The number of amides is 1. The number of hydrogen-bond donors (Lipinski definition) is 2. The lowest BCUT2D eigenvalue weighted by atomic mass is 9.89. The minimum absolute atomic E-state index is 0.0785. The van der Waals surface area contributed by atoms with Gasteiger partial charge < -0.3 is 10.1 Å². The smallest absolute Gasteiger partial charge is 0.281 e. The van der Waals surface area contributed by atoms with Gasteiger partial charge in [-0.25, -0.2) is 19.4 Å². The molecule has 0 aliphatic heterocycles. The third kappa shape index (κ3) is 5.57. The second-order valence-corrected chi connectivity index (χ2v) is 15.9. The Labute approximate surface area is 263 Å². The van der Waals surface area contributed by atoms with E-state index in [0.717, 1.165) is 18.8 Å². The van der Waals surface area contributed by atoms with Gasteiger partial charge in [-0.05, 0) is 104 Å². The number of halogens is 1. The number of anilines is 1. The fourth-order valence-corrected chi connectivity index (χ4v) is 9.02. The fraction of sp³-hybridized carbons (Fsp3) is 0.562. The topological polar surface area (TPSA) is 128 Å². The predicted octanol–water partition coefficient (Wildman–Crippen LogP) is 6.02. The Morgan fingerprint density at radius 1 is 1.07 bits per heavy atom. The monoisotopic (exact) mass is 638 g/mol. The van der Waals surface area contributed by atoms with Crippen LogP contribution >= 0.6 is 11.6 Å². The second-order valence-electron chi connectivity index (χ2n) is 13.9. The largest absolute Gasteiger partial charge is 0.476 e. The molecule has 44 heavy (non-hydrogen) atoms. The summed E-state index contributed by atoms with van der Waals surface area (Å²) in [6.07, 6.45) is 12.9. The minimum atomic E-state index is -4.25. The zero-order valence-corrected chi connectivity index (χ0v) is 26.8. The zero-order valence-electron chi connectivity index (χ0n) is 25.2. The number of aromatic nitrogens is 4. The van der Waals surface area contributed by atoms with Crippen LogP contribution < -0.4 is 14.8 Å². The normalized spacial score (nSPS) is 22.2. The summed E-state index contributed by atoms with van der Waals surface area (Å²) in [7, 11) is -4.25. The average molecular weight is 639 g/mol. The molecule has 1 atom stereocenters. The van der Waals surface area contributed by atoms with E-state index < -0.39 is 15.9 Å². The van der Waals surface area contributed by atoms with Crippen LogP contribution in [0.4, 0.5) is 5.82 Å². The van der Waals surface area contributed by atoms with Gasteiger partial charge in [0.05, 0.1) is 12.2 Å². The van der Waals surface area contributed by atoms with Crippen molar-refractivity contribution in [2.45, 2.75) is 76.7 Å². The summed E-state index contributed by atoms with van der Waals surface area (Å²) < 4.78 is 35.6. The van der Waals surface area contributed by atoms with Gasteiger partial charge in [-0.3, -0.25) is 4.79 Å². The first-order chi connectivity index (χ1) is 21.0. The van der Waals surface area contributed by atoms with E-state index in [4.69, 9.17) is 16.3 Å². The summed E-state index contributed by atoms with van der Waals surface area (Å²) in [5.41, 5.74) is 1.49. The van der Waals surface area contributed by atoms with Gasteiger partial charge in [0.1, 0.15) is 11.0 Å². The molecule has 4 aliphatic rings. The zero-order chi connectivity index (χ0) is 30.7. The Balaban J connectivity index is 0.929. The highest BCUT2D eigenvalue weighted by molar-refractivity contribution is 7.90. The maximum Gasteiger partial charge on any atom is 0.281 e. The van der Waals surface area contributed by atoms with E-state index in [1.807, 2.05) is 0 Å². The van der Waals surface area contributed by atoms with E-state index in [1.54, 1.807) is 30.5 Å². The van der Waals surface area contributed by atoms with Gasteiger partial charge in [-0.1, -0.05) is 31.5 Å². The van der Waals surface area contributed by atoms with Crippen molar-refractivity contribution in [3.8, 4) is 11.7 Å². The van der Waals surface area contributed by atoms with Crippen molar-refractivity contribution < 1.29 is 17.9 Å². The van der Waals surface area contributed by atoms with E-state index >= 15 is 0 Å². The van der Waals surface area contributed by atoms with E-state index in [1.165, 1.54) is 61.8 Å². The first kappa shape index (κ1) is 29.5. The maximum atomic E-state index is 13.0. The number of rotatable bonds is 12. The molecule has 0 aromatic carbocycles. The molecule has 2 N–H and O–H groups in total. The van der Waals surface area contributed by atoms with E-state index in [-0.39, 0.29) is 15.7 Å². The molecule has 3 aromatic heterocycles. The van der Waals surface area contributed by atoms with Gasteiger partial charge in [0.25, 0.3) is 15.9 Å². The molecule has 12 heteroatoms. The number of fused-ring (bicyclic) bond motifs is 1. The van der Waals surface area contributed by atoms with Gasteiger partial charge in [-0.15, -0.1) is 5.10 Å². The highest BCUT2D eigenvalue weighted by Crippen LogP contribution is 2.92. The molecular formula is C32H39ClN6O4S. The predicted molar refractivity (Wildman–Crippen MR) is 166 cm³/mol. The summed E-state index contributed by atoms with van der Waals surface area (Å²) in [5.74, 6) is 1.82. The Morgan fingerprint density at radius 3 is 2.52 bits per heavy atom. The number of nitrogens with zero attached hydrogens (tertiary/aromatic N) is 4. The highest BCUT2D eigenvalue weighted by atomic mass is 35.5. The number of sulfonamides is 1. The van der Waals surface area contributed by atoms with Crippen molar-refractivity contribution in [2.75, 3.05) is 18.5 Å². The van der Waals surface area contributed by atoms with Crippen LogP contribution in [0.25, 0.3) is 5.82 Å². The summed E-state index contributed by atoms with van der Waals surface area (Å²) in [6.45, 7) is 6.03. The molecular weight excluding hydrogens is 600 g/mol. The van der Waals surface area contributed by atoms with Crippen molar-refractivity contribution in [1.29, 1.82) is 0 Å². The van der Waals surface area contributed by atoms with Crippen LogP contribution in [0.1, 0.15) is 82.0 Å². The lowest BCUT2D eigenvalue weighted by Crippen LogP contribution is -2.31. The molecule has 3 heterocycles. The molecule has 3 aromatic rings. The van der Waals surface area contributed by atoms with Gasteiger partial charge in [0.2, 0.25) is 5.88 Å². The van der Waals surface area contributed by atoms with Crippen LogP contribution in [0, 0.1) is 28.1 Å². The molecule has 4 aliphatic carbocycles. The summed E-state index contributed by atoms with van der Waals surface area (Å²) >= 11 is 6.34. The molecule has 1 amide bonds. The lowest BCUT2D eigenvalue weighted by Gasteiger charge is -2.17. The maximum absolute atomic E-state index is 13.0. The Hall–Kier alpha value is -3.18.